The summed E-state index contributed by atoms with van der Waals surface area (Å²) in [5.74, 6) is -0.972. The molecule has 0 aromatic heterocycles. The lowest BCUT2D eigenvalue weighted by Gasteiger charge is -2.33. The van der Waals surface area contributed by atoms with Crippen LogP contribution in [0.1, 0.15) is 15.9 Å². The minimum Gasteiger partial charge on any atom is -0.508 e. The first-order valence-corrected chi connectivity index (χ1v) is 13.4. The zero-order valence-corrected chi connectivity index (χ0v) is 21.3. The zero-order chi connectivity index (χ0) is 25.7. The first-order chi connectivity index (χ1) is 17.3. The molecule has 3 aromatic rings. The van der Waals surface area contributed by atoms with E-state index in [-0.39, 0.29) is 16.2 Å². The van der Waals surface area contributed by atoms with Gasteiger partial charge in [-0.05, 0) is 60.1 Å². The lowest BCUT2D eigenvalue weighted by Crippen LogP contribution is -2.44. The van der Waals surface area contributed by atoms with Crippen molar-refractivity contribution in [1.29, 1.82) is 0 Å². The Balaban J connectivity index is 1.74. The van der Waals surface area contributed by atoms with Gasteiger partial charge in [0.25, 0.3) is 0 Å². The van der Waals surface area contributed by atoms with Crippen molar-refractivity contribution in [3.63, 3.8) is 0 Å². The molecule has 0 bridgehead atoms. The molecule has 190 valence electrons. The van der Waals surface area contributed by atoms with Crippen LogP contribution in [0.2, 0.25) is 0 Å². The van der Waals surface area contributed by atoms with Gasteiger partial charge in [-0.15, -0.1) is 0 Å². The van der Waals surface area contributed by atoms with Crippen LogP contribution in [0.25, 0.3) is 11.1 Å². The van der Waals surface area contributed by atoms with E-state index in [2.05, 4.69) is 22.2 Å². The second-order valence-corrected chi connectivity index (χ2v) is 10.9. The Kier molecular flexibility index (Phi) is 7.93. The van der Waals surface area contributed by atoms with Crippen LogP contribution in [0.4, 0.5) is 5.69 Å². The standard InChI is InChI=1S/C27H31N3O5S/c1-29-12-14-30(15-13-29)18-22-16-21(20-6-4-3-5-7-20)17-25(27(32)35-2)26(22)28-19-36(33,34)24-10-8-23(31)9-11-24/h3-11,16-17,28,31H,12-15,18-19H2,1-2H3. The predicted molar refractivity (Wildman–Crippen MR) is 140 cm³/mol. The van der Waals surface area contributed by atoms with Crippen LogP contribution in [-0.2, 0) is 21.1 Å². The average Bonchev–Trinajstić information content (AvgIpc) is 2.89. The van der Waals surface area contributed by atoms with Crippen molar-refractivity contribution < 1.29 is 23.1 Å². The van der Waals surface area contributed by atoms with Gasteiger partial charge in [0.15, 0.2) is 9.84 Å². The number of anilines is 1. The average molecular weight is 510 g/mol. The number of phenols is 1. The minimum atomic E-state index is -3.74. The molecular weight excluding hydrogens is 478 g/mol. The third-order valence-corrected chi connectivity index (χ3v) is 7.87. The van der Waals surface area contributed by atoms with Gasteiger partial charge in [-0.3, -0.25) is 4.90 Å². The first kappa shape index (κ1) is 25.7. The van der Waals surface area contributed by atoms with E-state index in [9.17, 15) is 18.3 Å². The van der Waals surface area contributed by atoms with Crippen molar-refractivity contribution in [3.05, 3.63) is 77.9 Å². The van der Waals surface area contributed by atoms with Crippen molar-refractivity contribution in [2.24, 2.45) is 0 Å². The van der Waals surface area contributed by atoms with Gasteiger partial charge in [0.05, 0.1) is 23.3 Å². The second kappa shape index (κ2) is 11.1. The molecule has 0 atom stereocenters. The summed E-state index contributed by atoms with van der Waals surface area (Å²) in [6.07, 6.45) is 0. The summed E-state index contributed by atoms with van der Waals surface area (Å²) in [5, 5.41) is 12.6. The molecule has 0 aliphatic carbocycles. The molecule has 4 rings (SSSR count). The molecule has 9 heteroatoms. The van der Waals surface area contributed by atoms with Gasteiger partial charge >= 0.3 is 5.97 Å². The molecule has 0 radical (unpaired) electrons. The van der Waals surface area contributed by atoms with Gasteiger partial charge in [0.2, 0.25) is 0 Å². The molecule has 8 nitrogen and oxygen atoms in total. The predicted octanol–water partition coefficient (Wildman–Crippen LogP) is 3.44. The minimum absolute atomic E-state index is 0.0131. The smallest absolute Gasteiger partial charge is 0.339 e. The lowest BCUT2D eigenvalue weighted by atomic mass is 9.97. The number of rotatable bonds is 8. The fraction of sp³-hybridized carbons (Fsp3) is 0.296. The Hall–Kier alpha value is -3.40. The Morgan fingerprint density at radius 1 is 0.972 bits per heavy atom. The van der Waals surface area contributed by atoms with Gasteiger partial charge in [-0.25, -0.2) is 13.2 Å². The number of sulfone groups is 1. The molecule has 1 aliphatic rings. The van der Waals surface area contributed by atoms with E-state index in [1.165, 1.54) is 31.4 Å². The molecule has 1 aliphatic heterocycles. The van der Waals surface area contributed by atoms with Crippen molar-refractivity contribution in [2.45, 2.75) is 11.4 Å². The van der Waals surface area contributed by atoms with E-state index in [0.29, 0.717) is 12.2 Å². The maximum absolute atomic E-state index is 13.0. The van der Waals surface area contributed by atoms with Crippen LogP contribution in [0.3, 0.4) is 0 Å². The van der Waals surface area contributed by atoms with E-state index >= 15 is 0 Å². The number of piperazine rings is 1. The summed E-state index contributed by atoms with van der Waals surface area (Å²) in [4.78, 5) is 17.5. The summed E-state index contributed by atoms with van der Waals surface area (Å²) in [5.41, 5.74) is 3.35. The lowest BCUT2D eigenvalue weighted by molar-refractivity contribution is 0.0601. The fourth-order valence-corrected chi connectivity index (χ4v) is 5.31. The van der Waals surface area contributed by atoms with Gasteiger partial charge in [0, 0.05) is 32.7 Å². The third kappa shape index (κ3) is 6.04. The number of methoxy groups -OCH3 is 1. The second-order valence-electron chi connectivity index (χ2n) is 8.92. The monoisotopic (exact) mass is 509 g/mol. The van der Waals surface area contributed by atoms with Gasteiger partial charge in [-0.1, -0.05) is 30.3 Å². The number of hydrogen-bond acceptors (Lipinski definition) is 8. The van der Waals surface area contributed by atoms with Crippen molar-refractivity contribution in [2.75, 3.05) is 51.5 Å². The highest BCUT2D eigenvalue weighted by atomic mass is 32.2. The number of carbonyl (C=O) groups is 1. The van der Waals surface area contributed by atoms with Gasteiger partial charge < -0.3 is 20.1 Å². The van der Waals surface area contributed by atoms with E-state index in [0.717, 1.165) is 42.9 Å². The van der Waals surface area contributed by atoms with Crippen molar-refractivity contribution in [3.8, 4) is 16.9 Å². The molecule has 1 saturated heterocycles. The van der Waals surface area contributed by atoms with E-state index in [1.807, 2.05) is 36.4 Å². The summed E-state index contributed by atoms with van der Waals surface area (Å²) in [6.45, 7) is 4.15. The SMILES string of the molecule is COC(=O)c1cc(-c2ccccc2)cc(CN2CCN(C)CC2)c1NCS(=O)(=O)c1ccc(O)cc1. The molecule has 0 saturated carbocycles. The Bertz CT molecular complexity index is 1300. The summed E-state index contributed by atoms with van der Waals surface area (Å²) in [6, 6.07) is 18.9. The highest BCUT2D eigenvalue weighted by Crippen LogP contribution is 2.32. The molecule has 36 heavy (non-hydrogen) atoms. The van der Waals surface area contributed by atoms with Crippen LogP contribution < -0.4 is 5.32 Å². The largest absolute Gasteiger partial charge is 0.508 e. The van der Waals surface area contributed by atoms with E-state index in [4.69, 9.17) is 4.74 Å². The van der Waals surface area contributed by atoms with Crippen LogP contribution in [0.15, 0.2) is 71.6 Å². The summed E-state index contributed by atoms with van der Waals surface area (Å²) < 4.78 is 31.1. The molecule has 2 N–H and O–H groups in total. The van der Waals surface area contributed by atoms with Crippen molar-refractivity contribution >= 4 is 21.5 Å². The summed E-state index contributed by atoms with van der Waals surface area (Å²) >= 11 is 0. The van der Waals surface area contributed by atoms with Crippen LogP contribution in [0.5, 0.6) is 5.75 Å². The molecule has 0 unspecified atom stereocenters. The fourth-order valence-electron chi connectivity index (χ4n) is 4.25. The number of aromatic hydroxyl groups is 1. The van der Waals surface area contributed by atoms with E-state index < -0.39 is 21.7 Å². The van der Waals surface area contributed by atoms with Crippen LogP contribution in [0, 0.1) is 0 Å². The number of ether oxygens (including phenoxy) is 1. The number of esters is 1. The van der Waals surface area contributed by atoms with Crippen molar-refractivity contribution in [1.82, 2.24) is 9.80 Å². The van der Waals surface area contributed by atoms with Gasteiger partial charge in [0.1, 0.15) is 11.6 Å². The quantitative estimate of drug-likeness (QED) is 0.446. The normalized spacial score (nSPS) is 14.9. The summed E-state index contributed by atoms with van der Waals surface area (Å²) in [7, 11) is -0.337. The van der Waals surface area contributed by atoms with Gasteiger partial charge in [-0.2, -0.15) is 0 Å². The first-order valence-electron chi connectivity index (χ1n) is 11.7. The Morgan fingerprint density at radius 3 is 2.28 bits per heavy atom. The van der Waals surface area contributed by atoms with Crippen LogP contribution in [-0.4, -0.2) is 75.5 Å². The van der Waals surface area contributed by atoms with Crippen LogP contribution >= 0.6 is 0 Å². The molecule has 3 aromatic carbocycles. The highest BCUT2D eigenvalue weighted by molar-refractivity contribution is 7.91. The van der Waals surface area contributed by atoms with E-state index in [1.54, 1.807) is 6.07 Å². The third-order valence-electron chi connectivity index (χ3n) is 6.36. The maximum Gasteiger partial charge on any atom is 0.339 e. The Morgan fingerprint density at radius 2 is 1.64 bits per heavy atom. The number of phenolic OH excluding ortho intramolecular Hbond substituents is 1. The number of likely N-dealkylation sites (N-methyl/N-ethyl adjacent to an activating group) is 1. The zero-order valence-electron chi connectivity index (χ0n) is 20.5. The Labute approximate surface area is 212 Å². The topological polar surface area (TPSA) is 99.2 Å². The maximum atomic E-state index is 13.0. The number of nitrogens with one attached hydrogen (secondary N) is 1. The molecular formula is C27H31N3O5S. The number of nitrogens with zero attached hydrogens (tertiary/aromatic N) is 2. The number of hydrogen-bond donors (Lipinski definition) is 2. The number of carbonyl (C=O) groups excluding carboxylic acids is 1. The molecule has 0 spiro atoms. The number of benzene rings is 3. The molecule has 1 heterocycles. The molecule has 0 amide bonds. The molecule has 1 fully saturated rings. The highest BCUT2D eigenvalue weighted by Gasteiger charge is 2.23.